The van der Waals surface area contributed by atoms with Gasteiger partial charge in [-0.05, 0) is 38.1 Å². The molecule has 0 bridgehead atoms. The Morgan fingerprint density at radius 2 is 2.08 bits per heavy atom. The van der Waals surface area contributed by atoms with E-state index in [0.29, 0.717) is 33.7 Å². The average Bonchev–Trinajstić information content (AvgIpc) is 2.93. The molecule has 3 rings (SSSR count). The largest absolute Gasteiger partial charge is 0.496 e. The summed E-state index contributed by atoms with van der Waals surface area (Å²) in [7, 11) is 1.47. The molecular weight excluding hydrogens is 315 g/mol. The summed E-state index contributed by atoms with van der Waals surface area (Å²) in [6.07, 6.45) is 0. The maximum Gasteiger partial charge on any atom is 0.339 e. The van der Waals surface area contributed by atoms with E-state index in [2.05, 4.69) is 10.1 Å². The molecule has 0 atom stereocenters. The molecule has 1 aromatic carbocycles. The molecule has 0 aliphatic rings. The van der Waals surface area contributed by atoms with E-state index in [0.717, 1.165) is 0 Å². The van der Waals surface area contributed by atoms with Gasteiger partial charge in [-0.2, -0.15) is 0 Å². The number of carbonyl (C=O) groups is 1. The van der Waals surface area contributed by atoms with Gasteiger partial charge in [0.25, 0.3) is 5.71 Å². The maximum atomic E-state index is 13.4. The third-order valence-electron chi connectivity index (χ3n) is 3.57. The number of benzene rings is 1. The number of hydrogen-bond acceptors (Lipinski definition) is 6. The molecule has 0 amide bonds. The smallest absolute Gasteiger partial charge is 0.339 e. The number of rotatable bonds is 4. The van der Waals surface area contributed by atoms with E-state index in [1.165, 1.54) is 25.3 Å². The Hall–Kier alpha value is -2.96. The van der Waals surface area contributed by atoms with Crippen LogP contribution in [-0.2, 0) is 11.3 Å². The molecule has 0 radical (unpaired) electrons. The van der Waals surface area contributed by atoms with Gasteiger partial charge in [-0.1, -0.05) is 5.16 Å². The number of methoxy groups -OCH3 is 1. The van der Waals surface area contributed by atoms with Gasteiger partial charge in [-0.25, -0.2) is 14.2 Å². The number of fused-ring (bicyclic) bond motifs is 1. The molecule has 2 aromatic heterocycles. The zero-order chi connectivity index (χ0) is 17.3. The third kappa shape index (κ3) is 2.92. The minimum Gasteiger partial charge on any atom is -0.496 e. The van der Waals surface area contributed by atoms with E-state index >= 15 is 0 Å². The molecule has 0 saturated carbocycles. The Labute approximate surface area is 137 Å². The molecule has 124 valence electrons. The first-order chi connectivity index (χ1) is 11.5. The topological polar surface area (TPSA) is 74.5 Å². The molecule has 7 heteroatoms. The number of carbonyl (C=O) groups excluding carboxylic acids is 1. The van der Waals surface area contributed by atoms with Crippen molar-refractivity contribution in [2.75, 3.05) is 7.11 Å². The van der Waals surface area contributed by atoms with Crippen molar-refractivity contribution in [3.8, 4) is 5.75 Å². The molecule has 0 unspecified atom stereocenters. The summed E-state index contributed by atoms with van der Waals surface area (Å²) in [6.45, 7) is 3.34. The second-order valence-electron chi connectivity index (χ2n) is 5.29. The fraction of sp³-hybridized carbons (Fsp3) is 0.235. The number of nitrogens with zero attached hydrogens (tertiary/aromatic N) is 2. The van der Waals surface area contributed by atoms with Gasteiger partial charge in [-0.3, -0.25) is 0 Å². The quantitative estimate of drug-likeness (QED) is 0.683. The first-order valence-electron chi connectivity index (χ1n) is 7.22. The Kier molecular flexibility index (Phi) is 4.16. The molecule has 24 heavy (non-hydrogen) atoms. The van der Waals surface area contributed by atoms with Crippen LogP contribution in [-0.4, -0.2) is 23.2 Å². The van der Waals surface area contributed by atoms with Gasteiger partial charge in [0.15, 0.2) is 0 Å². The zero-order valence-corrected chi connectivity index (χ0v) is 13.4. The van der Waals surface area contributed by atoms with E-state index in [9.17, 15) is 9.18 Å². The SMILES string of the molecule is COc1ccc(F)cc1COC(=O)c1cc(C)nc2onc(C)c12. The lowest BCUT2D eigenvalue weighted by atomic mass is 10.1. The standard InChI is InChI=1S/C17H15FN2O4/c1-9-6-13(15-10(2)20-24-16(15)19-9)17(21)23-8-11-7-12(18)4-5-14(11)22-3/h4-7H,8H2,1-3H3. The highest BCUT2D eigenvalue weighted by atomic mass is 19.1. The maximum absolute atomic E-state index is 13.4. The molecular formula is C17H15FN2O4. The van der Waals surface area contributed by atoms with Crippen LogP contribution in [0.3, 0.4) is 0 Å². The van der Waals surface area contributed by atoms with E-state index in [1.807, 2.05) is 0 Å². The Morgan fingerprint density at radius 1 is 1.29 bits per heavy atom. The minimum absolute atomic E-state index is 0.118. The van der Waals surface area contributed by atoms with Gasteiger partial charge >= 0.3 is 5.97 Å². The number of hydrogen-bond donors (Lipinski definition) is 0. The van der Waals surface area contributed by atoms with Crippen molar-refractivity contribution in [1.29, 1.82) is 0 Å². The molecule has 0 spiro atoms. The highest BCUT2D eigenvalue weighted by Gasteiger charge is 2.19. The minimum atomic E-state index is -0.567. The third-order valence-corrected chi connectivity index (χ3v) is 3.57. The van der Waals surface area contributed by atoms with Gasteiger partial charge in [0.05, 0.1) is 23.8 Å². The number of aryl methyl sites for hydroxylation is 2. The van der Waals surface area contributed by atoms with Crippen LogP contribution in [0.25, 0.3) is 11.1 Å². The van der Waals surface area contributed by atoms with E-state index in [4.69, 9.17) is 14.0 Å². The van der Waals surface area contributed by atoms with Crippen molar-refractivity contribution in [2.24, 2.45) is 0 Å². The van der Waals surface area contributed by atoms with Crippen molar-refractivity contribution in [3.63, 3.8) is 0 Å². The lowest BCUT2D eigenvalue weighted by Gasteiger charge is -2.10. The summed E-state index contributed by atoms with van der Waals surface area (Å²) >= 11 is 0. The van der Waals surface area contributed by atoms with E-state index in [1.54, 1.807) is 19.9 Å². The van der Waals surface area contributed by atoms with Crippen LogP contribution < -0.4 is 4.74 Å². The van der Waals surface area contributed by atoms with Gasteiger partial charge in [0.1, 0.15) is 18.2 Å². The molecule has 0 fully saturated rings. The van der Waals surface area contributed by atoms with Crippen LogP contribution >= 0.6 is 0 Å². The highest BCUT2D eigenvalue weighted by molar-refractivity contribution is 6.03. The van der Waals surface area contributed by atoms with E-state index in [-0.39, 0.29) is 12.3 Å². The molecule has 2 heterocycles. The summed E-state index contributed by atoms with van der Waals surface area (Å²) in [5.74, 6) is -0.552. The van der Waals surface area contributed by atoms with Gasteiger partial charge in [-0.15, -0.1) is 0 Å². The Morgan fingerprint density at radius 3 is 2.83 bits per heavy atom. The first kappa shape index (κ1) is 15.9. The number of pyridine rings is 1. The fourth-order valence-electron chi connectivity index (χ4n) is 2.46. The summed E-state index contributed by atoms with van der Waals surface area (Å²) in [6, 6.07) is 5.64. The summed E-state index contributed by atoms with van der Waals surface area (Å²) in [5.41, 5.74) is 2.19. The Bertz CT molecular complexity index is 920. The molecule has 0 aliphatic carbocycles. The second kappa shape index (κ2) is 6.27. The van der Waals surface area contributed by atoms with Crippen LogP contribution in [0.1, 0.15) is 27.3 Å². The second-order valence-corrected chi connectivity index (χ2v) is 5.29. The van der Waals surface area contributed by atoms with Gasteiger partial charge in [0.2, 0.25) is 0 Å². The van der Waals surface area contributed by atoms with Crippen LogP contribution in [0, 0.1) is 19.7 Å². The van der Waals surface area contributed by atoms with Gasteiger partial charge in [0, 0.05) is 11.3 Å². The van der Waals surface area contributed by atoms with Crippen molar-refractivity contribution in [3.05, 3.63) is 52.6 Å². The summed E-state index contributed by atoms with van der Waals surface area (Å²) in [5, 5.41) is 4.33. The molecule has 0 aliphatic heterocycles. The fourth-order valence-corrected chi connectivity index (χ4v) is 2.46. The molecule has 0 saturated heterocycles. The predicted molar refractivity (Wildman–Crippen MR) is 83.3 cm³/mol. The first-order valence-corrected chi connectivity index (χ1v) is 7.22. The van der Waals surface area contributed by atoms with Crippen LogP contribution in [0.5, 0.6) is 5.75 Å². The van der Waals surface area contributed by atoms with Crippen LogP contribution in [0.4, 0.5) is 4.39 Å². The van der Waals surface area contributed by atoms with Crippen molar-refractivity contribution in [1.82, 2.24) is 10.1 Å². The lowest BCUT2D eigenvalue weighted by molar-refractivity contribution is 0.0471. The number of ether oxygens (including phenoxy) is 2. The number of halogens is 1. The van der Waals surface area contributed by atoms with E-state index < -0.39 is 11.8 Å². The van der Waals surface area contributed by atoms with Crippen molar-refractivity contribution >= 4 is 17.1 Å². The monoisotopic (exact) mass is 330 g/mol. The van der Waals surface area contributed by atoms with Gasteiger partial charge < -0.3 is 14.0 Å². The van der Waals surface area contributed by atoms with Crippen LogP contribution in [0.2, 0.25) is 0 Å². The summed E-state index contributed by atoms with van der Waals surface area (Å²) < 4.78 is 28.9. The van der Waals surface area contributed by atoms with Crippen molar-refractivity contribution < 1.29 is 23.2 Å². The normalized spacial score (nSPS) is 10.8. The number of esters is 1. The zero-order valence-electron chi connectivity index (χ0n) is 13.4. The van der Waals surface area contributed by atoms with Crippen molar-refractivity contribution in [2.45, 2.75) is 20.5 Å². The molecule has 3 aromatic rings. The summed E-state index contributed by atoms with van der Waals surface area (Å²) in [4.78, 5) is 16.7. The number of aromatic nitrogens is 2. The van der Waals surface area contributed by atoms with Crippen LogP contribution in [0.15, 0.2) is 28.8 Å². The molecule has 0 N–H and O–H groups in total. The Balaban J connectivity index is 1.89. The molecule has 6 nitrogen and oxygen atoms in total. The predicted octanol–water partition coefficient (Wildman–Crippen LogP) is 3.34. The highest BCUT2D eigenvalue weighted by Crippen LogP contribution is 2.24. The lowest BCUT2D eigenvalue weighted by Crippen LogP contribution is -2.08. The average molecular weight is 330 g/mol.